The lowest BCUT2D eigenvalue weighted by molar-refractivity contribution is -0.0779. The van der Waals surface area contributed by atoms with E-state index in [-0.39, 0.29) is 11.6 Å². The van der Waals surface area contributed by atoms with Crippen LogP contribution in [0, 0.1) is 0 Å². The van der Waals surface area contributed by atoms with Crippen LogP contribution in [0.1, 0.15) is 33.9 Å². The molecule has 5 heteroatoms. The van der Waals surface area contributed by atoms with Gasteiger partial charge >= 0.3 is 5.97 Å². The second-order valence-electron chi connectivity index (χ2n) is 3.57. The molecular formula is C10H13NO3S. The third-order valence-electron chi connectivity index (χ3n) is 2.83. The Bertz CT molecular complexity index is 365. The molecule has 15 heavy (non-hydrogen) atoms. The van der Waals surface area contributed by atoms with Crippen LogP contribution in [-0.2, 0) is 15.1 Å². The van der Waals surface area contributed by atoms with Gasteiger partial charge in [0.2, 0.25) is 0 Å². The minimum absolute atomic E-state index is 0.239. The summed E-state index contributed by atoms with van der Waals surface area (Å²) in [6.45, 7) is 0. The molecule has 4 nitrogen and oxygen atoms in total. The van der Waals surface area contributed by atoms with Gasteiger partial charge in [-0.15, -0.1) is 11.3 Å². The topological polar surface area (TPSA) is 48.4 Å². The quantitative estimate of drug-likeness (QED) is 0.740. The Kier molecular flexibility index (Phi) is 2.75. The second-order valence-corrected chi connectivity index (χ2v) is 4.60. The lowest BCUT2D eigenvalue weighted by Gasteiger charge is -2.38. The first kappa shape index (κ1) is 10.6. The van der Waals surface area contributed by atoms with Crippen molar-refractivity contribution in [3.63, 3.8) is 0 Å². The van der Waals surface area contributed by atoms with Gasteiger partial charge in [0.25, 0.3) is 0 Å². The fourth-order valence-corrected chi connectivity index (χ4v) is 2.74. The number of ether oxygens (including phenoxy) is 2. The largest absolute Gasteiger partial charge is 0.465 e. The highest BCUT2D eigenvalue weighted by Crippen LogP contribution is 2.45. The van der Waals surface area contributed by atoms with Crippen LogP contribution < -0.4 is 0 Å². The number of esters is 1. The third kappa shape index (κ3) is 1.66. The van der Waals surface area contributed by atoms with Crippen molar-refractivity contribution in [2.45, 2.75) is 24.9 Å². The number of hydrogen-bond acceptors (Lipinski definition) is 5. The summed E-state index contributed by atoms with van der Waals surface area (Å²) in [5.74, 6) is -0.329. The number of carbonyl (C=O) groups excluding carboxylic acids is 1. The molecule has 0 radical (unpaired) electrons. The van der Waals surface area contributed by atoms with Crippen LogP contribution in [0.2, 0.25) is 0 Å². The molecule has 1 aliphatic rings. The normalized spacial score (nSPS) is 18.3. The molecule has 0 unspecified atom stereocenters. The number of aromatic nitrogens is 1. The molecule has 82 valence electrons. The smallest absolute Gasteiger partial charge is 0.349 e. The minimum Gasteiger partial charge on any atom is -0.465 e. The minimum atomic E-state index is -0.329. The van der Waals surface area contributed by atoms with Gasteiger partial charge in [0.15, 0.2) is 0 Å². The monoisotopic (exact) mass is 227 g/mol. The van der Waals surface area contributed by atoms with E-state index < -0.39 is 0 Å². The molecule has 1 aliphatic carbocycles. The van der Waals surface area contributed by atoms with Crippen LogP contribution in [0.4, 0.5) is 0 Å². The van der Waals surface area contributed by atoms with Crippen LogP contribution in [-0.4, -0.2) is 25.2 Å². The second kappa shape index (κ2) is 3.90. The first-order chi connectivity index (χ1) is 7.22. The molecule has 0 bridgehead atoms. The molecule has 1 fully saturated rings. The van der Waals surface area contributed by atoms with Crippen molar-refractivity contribution in [1.29, 1.82) is 0 Å². The Labute approximate surface area is 92.2 Å². The van der Waals surface area contributed by atoms with Crippen molar-refractivity contribution in [2.75, 3.05) is 14.2 Å². The van der Waals surface area contributed by atoms with E-state index in [1.54, 1.807) is 13.3 Å². The fraction of sp³-hybridized carbons (Fsp3) is 0.600. The summed E-state index contributed by atoms with van der Waals surface area (Å²) >= 11 is 1.36. The number of hydrogen-bond donors (Lipinski definition) is 0. The van der Waals surface area contributed by atoms with Crippen molar-refractivity contribution < 1.29 is 14.3 Å². The first-order valence-electron chi connectivity index (χ1n) is 4.81. The van der Waals surface area contributed by atoms with Crippen molar-refractivity contribution in [3.8, 4) is 0 Å². The fourth-order valence-electron chi connectivity index (χ4n) is 1.68. The van der Waals surface area contributed by atoms with Gasteiger partial charge in [0.1, 0.15) is 15.5 Å². The van der Waals surface area contributed by atoms with Gasteiger partial charge < -0.3 is 9.47 Å². The predicted molar refractivity (Wildman–Crippen MR) is 56.0 cm³/mol. The van der Waals surface area contributed by atoms with Crippen LogP contribution in [0.3, 0.4) is 0 Å². The summed E-state index contributed by atoms with van der Waals surface area (Å²) in [5, 5.41) is 0.886. The average molecular weight is 227 g/mol. The van der Waals surface area contributed by atoms with Gasteiger partial charge in [0.05, 0.1) is 13.3 Å². The summed E-state index contributed by atoms with van der Waals surface area (Å²) in [5.41, 5.74) is -0.239. The van der Waals surface area contributed by atoms with E-state index in [0.29, 0.717) is 4.88 Å². The van der Waals surface area contributed by atoms with E-state index >= 15 is 0 Å². The summed E-state index contributed by atoms with van der Waals surface area (Å²) < 4.78 is 10.1. The van der Waals surface area contributed by atoms with Gasteiger partial charge in [-0.1, -0.05) is 0 Å². The van der Waals surface area contributed by atoms with E-state index in [4.69, 9.17) is 4.74 Å². The van der Waals surface area contributed by atoms with E-state index in [0.717, 1.165) is 24.3 Å². The predicted octanol–water partition coefficient (Wildman–Crippen LogP) is 1.96. The van der Waals surface area contributed by atoms with Gasteiger partial charge in [-0.2, -0.15) is 0 Å². The van der Waals surface area contributed by atoms with Crippen molar-refractivity contribution >= 4 is 17.3 Å². The maximum absolute atomic E-state index is 11.3. The van der Waals surface area contributed by atoms with Crippen LogP contribution >= 0.6 is 11.3 Å². The molecule has 2 rings (SSSR count). The Morgan fingerprint density at radius 2 is 2.27 bits per heavy atom. The van der Waals surface area contributed by atoms with Gasteiger partial charge in [0, 0.05) is 7.11 Å². The molecular weight excluding hydrogens is 214 g/mol. The van der Waals surface area contributed by atoms with Gasteiger partial charge in [-0.25, -0.2) is 9.78 Å². The highest BCUT2D eigenvalue weighted by molar-refractivity contribution is 7.13. The van der Waals surface area contributed by atoms with Crippen LogP contribution in [0.25, 0.3) is 0 Å². The molecule has 1 saturated carbocycles. The molecule has 0 aromatic carbocycles. The molecule has 1 heterocycles. The van der Waals surface area contributed by atoms with E-state index in [1.165, 1.54) is 18.4 Å². The zero-order valence-corrected chi connectivity index (χ0v) is 9.60. The molecule has 0 N–H and O–H groups in total. The first-order valence-corrected chi connectivity index (χ1v) is 5.63. The Morgan fingerprint density at radius 1 is 1.53 bits per heavy atom. The van der Waals surface area contributed by atoms with Gasteiger partial charge in [-0.05, 0) is 19.3 Å². The van der Waals surface area contributed by atoms with E-state index in [9.17, 15) is 4.79 Å². The third-order valence-corrected chi connectivity index (χ3v) is 4.00. The Morgan fingerprint density at radius 3 is 2.73 bits per heavy atom. The van der Waals surface area contributed by atoms with E-state index in [2.05, 4.69) is 9.72 Å². The lowest BCUT2D eigenvalue weighted by Crippen LogP contribution is -2.35. The molecule has 0 aliphatic heterocycles. The molecule has 0 atom stereocenters. The lowest BCUT2D eigenvalue weighted by atomic mass is 9.80. The zero-order valence-electron chi connectivity index (χ0n) is 8.78. The highest BCUT2D eigenvalue weighted by atomic mass is 32.1. The SMILES string of the molecule is COC(=O)c1cnc(C2(OC)CCC2)s1. The average Bonchev–Trinajstić information content (AvgIpc) is 2.65. The maximum atomic E-state index is 11.3. The molecule has 1 aromatic rings. The summed E-state index contributed by atoms with van der Waals surface area (Å²) in [4.78, 5) is 16.0. The maximum Gasteiger partial charge on any atom is 0.349 e. The number of nitrogens with zero attached hydrogens (tertiary/aromatic N) is 1. The molecule has 0 amide bonds. The number of thiazole rings is 1. The van der Waals surface area contributed by atoms with Crippen LogP contribution in [0.5, 0.6) is 0 Å². The summed E-state index contributed by atoms with van der Waals surface area (Å²) in [7, 11) is 3.07. The number of rotatable bonds is 3. The Hall–Kier alpha value is -0.940. The van der Waals surface area contributed by atoms with Crippen molar-refractivity contribution in [2.24, 2.45) is 0 Å². The van der Waals surface area contributed by atoms with Crippen LogP contribution in [0.15, 0.2) is 6.20 Å². The van der Waals surface area contributed by atoms with E-state index in [1.807, 2.05) is 0 Å². The Balaban J connectivity index is 2.23. The summed E-state index contributed by atoms with van der Waals surface area (Å²) in [6.07, 6.45) is 4.68. The zero-order chi connectivity index (χ0) is 10.9. The standard InChI is InChI=1S/C10H13NO3S/c1-13-8(12)7-6-11-9(15-7)10(14-2)4-3-5-10/h6H,3-5H2,1-2H3. The number of methoxy groups -OCH3 is 2. The molecule has 0 saturated heterocycles. The number of carbonyl (C=O) groups is 1. The van der Waals surface area contributed by atoms with Gasteiger partial charge in [-0.3, -0.25) is 0 Å². The summed E-state index contributed by atoms with van der Waals surface area (Å²) in [6, 6.07) is 0. The molecule has 1 aromatic heterocycles. The highest BCUT2D eigenvalue weighted by Gasteiger charge is 2.41. The van der Waals surface area contributed by atoms with Crippen molar-refractivity contribution in [3.05, 3.63) is 16.1 Å². The van der Waals surface area contributed by atoms with Crippen molar-refractivity contribution in [1.82, 2.24) is 4.98 Å². The molecule has 0 spiro atoms.